The molecular weight excluding hydrogens is 572 g/mol. The minimum atomic E-state index is -0.818. The van der Waals surface area contributed by atoms with Crippen molar-refractivity contribution < 1.29 is 24.2 Å². The number of unbranched alkanes of at least 4 members (excludes halogenated alkanes) is 9. The molecule has 0 bridgehead atoms. The van der Waals surface area contributed by atoms with Gasteiger partial charge in [0.2, 0.25) is 0 Å². The van der Waals surface area contributed by atoms with Crippen LogP contribution in [0.25, 0.3) is 0 Å². The first-order valence-corrected chi connectivity index (χ1v) is 18.1. The van der Waals surface area contributed by atoms with Crippen LogP contribution in [0.1, 0.15) is 142 Å². The maximum Gasteiger partial charge on any atom is 0.306 e. The fraction of sp³-hybridized carbons (Fsp3) is 0.610. The van der Waals surface area contributed by atoms with E-state index >= 15 is 0 Å². The minimum Gasteiger partial charge on any atom is -0.462 e. The first-order chi connectivity index (χ1) is 22.6. The molecule has 0 aromatic rings. The average molecular weight is 639 g/mol. The summed E-state index contributed by atoms with van der Waals surface area (Å²) in [5.74, 6) is -0.709. The van der Waals surface area contributed by atoms with E-state index in [4.69, 9.17) is 9.47 Å². The highest BCUT2D eigenvalue weighted by molar-refractivity contribution is 5.70. The normalized spacial score (nSPS) is 13.2. The Morgan fingerprint density at radius 3 is 1.50 bits per heavy atom. The number of hydrogen-bond donors (Lipinski definition) is 1. The molecule has 0 fully saturated rings. The number of carbonyl (C=O) groups is 2. The van der Waals surface area contributed by atoms with Gasteiger partial charge in [-0.05, 0) is 77.0 Å². The molecule has 1 N–H and O–H groups in total. The largest absolute Gasteiger partial charge is 0.462 e. The molecule has 0 aliphatic rings. The summed E-state index contributed by atoms with van der Waals surface area (Å²) >= 11 is 0. The molecule has 0 amide bonds. The van der Waals surface area contributed by atoms with Crippen molar-refractivity contribution in [1.29, 1.82) is 0 Å². The van der Waals surface area contributed by atoms with Gasteiger partial charge in [-0.1, -0.05) is 137 Å². The molecule has 260 valence electrons. The zero-order valence-electron chi connectivity index (χ0n) is 29.3. The van der Waals surface area contributed by atoms with E-state index in [9.17, 15) is 14.7 Å². The van der Waals surface area contributed by atoms with Gasteiger partial charge in [-0.25, -0.2) is 0 Å². The first kappa shape index (κ1) is 43.1. The number of esters is 2. The van der Waals surface area contributed by atoms with Crippen LogP contribution in [0.5, 0.6) is 0 Å². The zero-order valence-corrected chi connectivity index (χ0v) is 29.3. The molecule has 0 spiro atoms. The molecule has 0 rings (SSSR count). The summed E-state index contributed by atoms with van der Waals surface area (Å²) in [6.45, 7) is 3.91. The summed E-state index contributed by atoms with van der Waals surface area (Å²) in [6, 6.07) is 0. The summed E-state index contributed by atoms with van der Waals surface area (Å²) < 4.78 is 10.5. The van der Waals surface area contributed by atoms with Crippen molar-refractivity contribution in [3.8, 4) is 0 Å². The van der Waals surface area contributed by atoms with Gasteiger partial charge in [-0.3, -0.25) is 9.59 Å². The molecule has 46 heavy (non-hydrogen) atoms. The van der Waals surface area contributed by atoms with Crippen molar-refractivity contribution in [3.63, 3.8) is 0 Å². The minimum absolute atomic E-state index is 0.105. The van der Waals surface area contributed by atoms with Crippen LogP contribution >= 0.6 is 0 Å². The van der Waals surface area contributed by atoms with Gasteiger partial charge in [0, 0.05) is 12.8 Å². The number of aliphatic hydroxyl groups is 1. The van der Waals surface area contributed by atoms with Crippen LogP contribution in [0, 0.1) is 0 Å². The second kappa shape index (κ2) is 36.5. The maximum absolute atomic E-state index is 12.1. The Bertz CT molecular complexity index is 906. The molecule has 1 unspecified atom stereocenters. The smallest absolute Gasteiger partial charge is 0.306 e. The van der Waals surface area contributed by atoms with Crippen molar-refractivity contribution in [1.82, 2.24) is 0 Å². The molecule has 0 aliphatic carbocycles. The van der Waals surface area contributed by atoms with Crippen LogP contribution in [-0.4, -0.2) is 36.4 Å². The Morgan fingerprint density at radius 2 is 0.978 bits per heavy atom. The second-order valence-corrected chi connectivity index (χ2v) is 11.6. The predicted octanol–water partition coefficient (Wildman–Crippen LogP) is 11.2. The van der Waals surface area contributed by atoms with Gasteiger partial charge in [0.1, 0.15) is 6.61 Å². The number of carbonyl (C=O) groups excluding carboxylic acids is 2. The number of hydrogen-bond acceptors (Lipinski definition) is 5. The Morgan fingerprint density at radius 1 is 0.522 bits per heavy atom. The van der Waals surface area contributed by atoms with Crippen molar-refractivity contribution in [2.24, 2.45) is 0 Å². The molecule has 0 saturated carbocycles. The predicted molar refractivity (Wildman–Crippen MR) is 196 cm³/mol. The SMILES string of the molecule is CCC=CCC=CCC=CCC=CCC=CCC=CCCC(=O)OC(CO)COC(=O)CCCCCCCC=CCCCCCC. The zero-order chi connectivity index (χ0) is 33.6. The molecule has 0 aromatic carbocycles. The van der Waals surface area contributed by atoms with Gasteiger partial charge in [0.05, 0.1) is 6.61 Å². The summed E-state index contributed by atoms with van der Waals surface area (Å²) in [5.41, 5.74) is 0. The van der Waals surface area contributed by atoms with Crippen molar-refractivity contribution in [2.75, 3.05) is 13.2 Å². The Hall–Kier alpha value is -2.92. The lowest BCUT2D eigenvalue weighted by atomic mass is 10.1. The third kappa shape index (κ3) is 34.0. The second-order valence-electron chi connectivity index (χ2n) is 11.6. The van der Waals surface area contributed by atoms with Gasteiger partial charge in [0.25, 0.3) is 0 Å². The number of rotatable bonds is 31. The van der Waals surface area contributed by atoms with Gasteiger partial charge in [0.15, 0.2) is 6.10 Å². The van der Waals surface area contributed by atoms with Crippen LogP contribution in [0.2, 0.25) is 0 Å². The topological polar surface area (TPSA) is 72.8 Å². The van der Waals surface area contributed by atoms with Gasteiger partial charge < -0.3 is 14.6 Å². The molecular formula is C41H66O5. The van der Waals surface area contributed by atoms with Crippen LogP contribution in [0.3, 0.4) is 0 Å². The summed E-state index contributed by atoms with van der Waals surface area (Å²) in [5, 5.41) is 9.51. The Balaban J connectivity index is 3.77. The van der Waals surface area contributed by atoms with E-state index in [1.54, 1.807) is 0 Å². The van der Waals surface area contributed by atoms with E-state index < -0.39 is 12.1 Å². The summed E-state index contributed by atoms with van der Waals surface area (Å²) in [7, 11) is 0. The highest BCUT2D eigenvalue weighted by Crippen LogP contribution is 2.10. The highest BCUT2D eigenvalue weighted by Gasteiger charge is 2.15. The van der Waals surface area contributed by atoms with Crippen LogP contribution in [-0.2, 0) is 19.1 Å². The van der Waals surface area contributed by atoms with Crippen molar-refractivity contribution in [2.45, 2.75) is 148 Å². The lowest BCUT2D eigenvalue weighted by Crippen LogP contribution is -2.28. The van der Waals surface area contributed by atoms with Gasteiger partial charge in [-0.15, -0.1) is 0 Å². The van der Waals surface area contributed by atoms with E-state index in [0.29, 0.717) is 12.8 Å². The van der Waals surface area contributed by atoms with E-state index in [-0.39, 0.29) is 25.6 Å². The fourth-order valence-corrected chi connectivity index (χ4v) is 4.45. The third-order valence-corrected chi connectivity index (χ3v) is 7.19. The monoisotopic (exact) mass is 638 g/mol. The van der Waals surface area contributed by atoms with Gasteiger partial charge in [-0.2, -0.15) is 0 Å². The van der Waals surface area contributed by atoms with Crippen LogP contribution in [0.4, 0.5) is 0 Å². The molecule has 1 atom stereocenters. The van der Waals surface area contributed by atoms with Crippen molar-refractivity contribution in [3.05, 3.63) is 85.1 Å². The van der Waals surface area contributed by atoms with E-state index in [1.807, 2.05) is 12.2 Å². The molecule has 0 saturated heterocycles. The summed E-state index contributed by atoms with van der Waals surface area (Å²) in [6.07, 6.45) is 49.3. The summed E-state index contributed by atoms with van der Waals surface area (Å²) in [4.78, 5) is 24.1. The van der Waals surface area contributed by atoms with E-state index in [1.165, 1.54) is 44.9 Å². The average Bonchev–Trinajstić information content (AvgIpc) is 3.06. The highest BCUT2D eigenvalue weighted by atomic mass is 16.6. The van der Waals surface area contributed by atoms with E-state index in [0.717, 1.165) is 64.2 Å². The van der Waals surface area contributed by atoms with Crippen LogP contribution < -0.4 is 0 Å². The quantitative estimate of drug-likeness (QED) is 0.0465. The van der Waals surface area contributed by atoms with Crippen LogP contribution in [0.15, 0.2) is 85.1 Å². The van der Waals surface area contributed by atoms with Crippen molar-refractivity contribution >= 4 is 11.9 Å². The third-order valence-electron chi connectivity index (χ3n) is 7.19. The number of aliphatic hydroxyl groups excluding tert-OH is 1. The molecule has 0 radical (unpaired) electrons. The standard InChI is InChI=1S/C41H66O5/c1-3-5-7-9-11-13-15-17-18-19-20-21-22-24-26-28-30-32-34-36-41(44)46-39(37-42)38-45-40(43)35-33-31-29-27-25-23-16-14-12-10-8-6-4-2/h5,7,11,13-14,16-18,20-21,24,26,30,32,39,42H,3-4,6,8-10,12,15,19,22-23,25,27-29,31,33-38H2,1-2H3. The Labute approximate surface area is 282 Å². The number of ether oxygens (including phenoxy) is 2. The molecule has 5 nitrogen and oxygen atoms in total. The maximum atomic E-state index is 12.1. The first-order valence-electron chi connectivity index (χ1n) is 18.1. The lowest BCUT2D eigenvalue weighted by Gasteiger charge is -2.15. The molecule has 5 heteroatoms. The molecule has 0 aliphatic heterocycles. The lowest BCUT2D eigenvalue weighted by molar-refractivity contribution is -0.161. The molecule has 0 aromatic heterocycles. The molecule has 0 heterocycles. The fourth-order valence-electron chi connectivity index (χ4n) is 4.45. The van der Waals surface area contributed by atoms with E-state index in [2.05, 4.69) is 86.8 Å². The van der Waals surface area contributed by atoms with Gasteiger partial charge >= 0.3 is 11.9 Å². The Kier molecular flexibility index (Phi) is 34.2. The number of allylic oxidation sites excluding steroid dienone is 14.